The SMILES string of the molecule is CCC(NC(=O)c1cn(C2CCN(C(C)=O)C2)c2cc(NC3CCCCC3)c(F)cc2c1=O)C(=O)O. The number of nitrogens with zero attached hydrogens (tertiary/aromatic N) is 2. The molecule has 3 N–H and O–H groups in total. The number of carbonyl (C=O) groups excluding carboxylic acids is 2. The van der Waals surface area contributed by atoms with Crippen molar-refractivity contribution in [3.63, 3.8) is 0 Å². The Morgan fingerprint density at radius 1 is 1.17 bits per heavy atom. The molecule has 0 bridgehead atoms. The van der Waals surface area contributed by atoms with E-state index in [2.05, 4.69) is 10.6 Å². The molecule has 1 aliphatic heterocycles. The number of carbonyl (C=O) groups is 3. The Bertz CT molecular complexity index is 1240. The lowest BCUT2D eigenvalue weighted by molar-refractivity contribution is -0.139. The summed E-state index contributed by atoms with van der Waals surface area (Å²) in [5, 5.41) is 15.0. The van der Waals surface area contributed by atoms with Gasteiger partial charge in [0.25, 0.3) is 5.91 Å². The molecule has 1 aromatic carbocycles. The summed E-state index contributed by atoms with van der Waals surface area (Å²) in [5.41, 5.74) is -0.144. The second kappa shape index (κ2) is 10.7. The number of halogens is 1. The average Bonchev–Trinajstić information content (AvgIpc) is 3.34. The molecule has 194 valence electrons. The Kier molecular flexibility index (Phi) is 7.61. The molecular formula is C26H33FN4O5. The Labute approximate surface area is 208 Å². The molecule has 4 rings (SSSR count). The summed E-state index contributed by atoms with van der Waals surface area (Å²) in [6.45, 7) is 4.02. The molecule has 2 unspecified atom stereocenters. The summed E-state index contributed by atoms with van der Waals surface area (Å²) in [7, 11) is 0. The summed E-state index contributed by atoms with van der Waals surface area (Å²) in [6.07, 6.45) is 7.38. The normalized spacial score (nSPS) is 19.3. The lowest BCUT2D eigenvalue weighted by atomic mass is 9.95. The van der Waals surface area contributed by atoms with E-state index in [1.54, 1.807) is 22.5 Å². The average molecular weight is 501 g/mol. The third-order valence-electron chi connectivity index (χ3n) is 7.34. The van der Waals surface area contributed by atoms with Crippen LogP contribution >= 0.6 is 0 Å². The molecule has 0 radical (unpaired) electrons. The maximum Gasteiger partial charge on any atom is 0.326 e. The molecule has 9 nitrogen and oxygen atoms in total. The smallest absolute Gasteiger partial charge is 0.326 e. The first-order valence-corrected chi connectivity index (χ1v) is 12.6. The first-order chi connectivity index (χ1) is 17.2. The molecular weight excluding hydrogens is 467 g/mol. The molecule has 10 heteroatoms. The third-order valence-corrected chi connectivity index (χ3v) is 7.34. The van der Waals surface area contributed by atoms with Crippen molar-refractivity contribution in [1.29, 1.82) is 0 Å². The Morgan fingerprint density at radius 3 is 2.50 bits per heavy atom. The number of benzene rings is 1. The zero-order chi connectivity index (χ0) is 26.0. The van der Waals surface area contributed by atoms with Gasteiger partial charge in [-0.15, -0.1) is 0 Å². The fourth-order valence-electron chi connectivity index (χ4n) is 5.24. The second-order valence-electron chi connectivity index (χ2n) is 9.79. The van der Waals surface area contributed by atoms with Gasteiger partial charge in [-0.2, -0.15) is 0 Å². The Morgan fingerprint density at radius 2 is 1.89 bits per heavy atom. The van der Waals surface area contributed by atoms with Crippen LogP contribution in [0.3, 0.4) is 0 Å². The van der Waals surface area contributed by atoms with E-state index < -0.39 is 29.2 Å². The Balaban J connectivity index is 1.80. The quantitative estimate of drug-likeness (QED) is 0.537. The monoisotopic (exact) mass is 500 g/mol. The van der Waals surface area contributed by atoms with Crippen LogP contribution in [0, 0.1) is 5.82 Å². The van der Waals surface area contributed by atoms with Crippen molar-refractivity contribution in [3.05, 3.63) is 39.9 Å². The van der Waals surface area contributed by atoms with Crippen molar-refractivity contribution in [1.82, 2.24) is 14.8 Å². The van der Waals surface area contributed by atoms with E-state index in [4.69, 9.17) is 0 Å². The van der Waals surface area contributed by atoms with Crippen LogP contribution in [-0.4, -0.2) is 57.5 Å². The molecule has 2 amide bonds. The number of pyridine rings is 1. The lowest BCUT2D eigenvalue weighted by Gasteiger charge is -2.25. The van der Waals surface area contributed by atoms with Gasteiger partial charge in [-0.1, -0.05) is 26.2 Å². The summed E-state index contributed by atoms with van der Waals surface area (Å²) in [6, 6.07) is 1.54. The minimum Gasteiger partial charge on any atom is -0.480 e. The van der Waals surface area contributed by atoms with Gasteiger partial charge in [-0.25, -0.2) is 9.18 Å². The summed E-state index contributed by atoms with van der Waals surface area (Å²) in [5.74, 6) is -2.68. The number of carboxylic acids is 1. The number of likely N-dealkylation sites (tertiary alicyclic amines) is 1. The molecule has 2 aliphatic rings. The van der Waals surface area contributed by atoms with E-state index in [-0.39, 0.29) is 35.4 Å². The Hall–Kier alpha value is -3.43. The molecule has 2 heterocycles. The van der Waals surface area contributed by atoms with Gasteiger partial charge >= 0.3 is 5.97 Å². The molecule has 0 spiro atoms. The highest BCUT2D eigenvalue weighted by molar-refractivity contribution is 5.99. The van der Waals surface area contributed by atoms with E-state index in [1.807, 2.05) is 0 Å². The number of fused-ring (bicyclic) bond motifs is 1. The molecule has 2 aromatic rings. The standard InChI is InChI=1S/C26H33FN4O5/c1-3-21(26(35)36)29-25(34)19-14-31(17-9-10-30(13-17)15(2)32)23-12-22(20(27)11-18(23)24(19)33)28-16-7-5-4-6-8-16/h11-12,14,16-17,21,28H,3-10,13H2,1-2H3,(H,29,34)(H,35,36). The van der Waals surface area contributed by atoms with Crippen LogP contribution in [0.25, 0.3) is 10.9 Å². The number of carboxylic acid groups (broad SMARTS) is 1. The molecule has 1 saturated carbocycles. The van der Waals surface area contributed by atoms with Gasteiger partial charge in [0.05, 0.1) is 17.2 Å². The first-order valence-electron chi connectivity index (χ1n) is 12.6. The van der Waals surface area contributed by atoms with Crippen LogP contribution < -0.4 is 16.1 Å². The molecule has 1 saturated heterocycles. The third kappa shape index (κ3) is 5.22. The first kappa shape index (κ1) is 25.7. The highest BCUT2D eigenvalue weighted by Gasteiger charge is 2.29. The van der Waals surface area contributed by atoms with Crippen LogP contribution in [0.5, 0.6) is 0 Å². The summed E-state index contributed by atoms with van der Waals surface area (Å²) < 4.78 is 17.0. The van der Waals surface area contributed by atoms with Crippen molar-refractivity contribution >= 4 is 34.4 Å². The number of rotatable bonds is 7. The largest absolute Gasteiger partial charge is 0.480 e. The molecule has 2 fully saturated rings. The van der Waals surface area contributed by atoms with Crippen molar-refractivity contribution in [2.45, 2.75) is 76.9 Å². The van der Waals surface area contributed by atoms with Gasteiger partial charge in [-0.3, -0.25) is 14.4 Å². The van der Waals surface area contributed by atoms with Gasteiger partial charge in [0.2, 0.25) is 11.3 Å². The number of hydrogen-bond donors (Lipinski definition) is 3. The van der Waals surface area contributed by atoms with Gasteiger partial charge < -0.3 is 25.2 Å². The van der Waals surface area contributed by atoms with Crippen LogP contribution in [0.4, 0.5) is 10.1 Å². The number of hydrogen-bond acceptors (Lipinski definition) is 5. The number of nitrogens with one attached hydrogen (secondary N) is 2. The van der Waals surface area contributed by atoms with Gasteiger partial charge in [-0.05, 0) is 37.8 Å². The predicted octanol–water partition coefficient (Wildman–Crippen LogP) is 3.27. The second-order valence-corrected chi connectivity index (χ2v) is 9.79. The fourth-order valence-corrected chi connectivity index (χ4v) is 5.24. The molecule has 36 heavy (non-hydrogen) atoms. The van der Waals surface area contributed by atoms with Gasteiger partial charge in [0.15, 0.2) is 0 Å². The minimum absolute atomic E-state index is 0.0407. The van der Waals surface area contributed by atoms with E-state index in [0.717, 1.165) is 38.2 Å². The zero-order valence-electron chi connectivity index (χ0n) is 20.7. The van der Waals surface area contributed by atoms with E-state index >= 15 is 4.39 Å². The van der Waals surface area contributed by atoms with Crippen molar-refractivity contribution in [3.8, 4) is 0 Å². The van der Waals surface area contributed by atoms with Crippen molar-refractivity contribution in [2.24, 2.45) is 0 Å². The van der Waals surface area contributed by atoms with Gasteiger partial charge in [0.1, 0.15) is 17.4 Å². The highest BCUT2D eigenvalue weighted by Crippen LogP contribution is 2.30. The number of amides is 2. The van der Waals surface area contributed by atoms with E-state index in [9.17, 15) is 24.3 Å². The molecule has 1 aliphatic carbocycles. The molecule has 1 aromatic heterocycles. The van der Waals surface area contributed by atoms with Crippen molar-refractivity contribution < 1.29 is 23.9 Å². The van der Waals surface area contributed by atoms with Crippen LogP contribution in [0.2, 0.25) is 0 Å². The predicted molar refractivity (Wildman–Crippen MR) is 134 cm³/mol. The topological polar surface area (TPSA) is 121 Å². The molecule has 2 atom stereocenters. The van der Waals surface area contributed by atoms with E-state index in [1.165, 1.54) is 13.1 Å². The highest BCUT2D eigenvalue weighted by atomic mass is 19.1. The minimum atomic E-state index is -1.20. The van der Waals surface area contributed by atoms with Crippen LogP contribution in [0.1, 0.15) is 75.2 Å². The zero-order valence-corrected chi connectivity index (χ0v) is 20.7. The van der Waals surface area contributed by atoms with Crippen LogP contribution in [0.15, 0.2) is 23.1 Å². The lowest BCUT2D eigenvalue weighted by Crippen LogP contribution is -2.42. The number of aromatic nitrogens is 1. The maximum atomic E-state index is 15.2. The number of aliphatic carboxylic acids is 1. The number of anilines is 1. The van der Waals surface area contributed by atoms with E-state index in [0.29, 0.717) is 30.7 Å². The van der Waals surface area contributed by atoms with Crippen molar-refractivity contribution in [2.75, 3.05) is 18.4 Å². The fraction of sp³-hybridized carbons (Fsp3) is 0.538. The summed E-state index contributed by atoms with van der Waals surface area (Å²) in [4.78, 5) is 51.4. The summed E-state index contributed by atoms with van der Waals surface area (Å²) >= 11 is 0. The van der Waals surface area contributed by atoms with Gasteiger partial charge in [0, 0.05) is 37.6 Å². The van der Waals surface area contributed by atoms with Crippen LogP contribution in [-0.2, 0) is 9.59 Å². The maximum absolute atomic E-state index is 15.2.